The molecule has 14 nitrogen and oxygen atoms in total. The van der Waals surface area contributed by atoms with Gasteiger partial charge in [0, 0.05) is 35.6 Å². The van der Waals surface area contributed by atoms with Crippen molar-refractivity contribution in [2.75, 3.05) is 31.4 Å². The summed E-state index contributed by atoms with van der Waals surface area (Å²) in [5.74, 6) is -1.23. The predicted octanol–water partition coefficient (Wildman–Crippen LogP) is 6.34. The summed E-state index contributed by atoms with van der Waals surface area (Å²) in [6, 6.07) is 13.5. The number of halogens is 1. The van der Waals surface area contributed by atoms with Crippen LogP contribution in [0.1, 0.15) is 62.5 Å². The van der Waals surface area contributed by atoms with E-state index in [9.17, 15) is 32.7 Å². The molecule has 3 aromatic carbocycles. The van der Waals surface area contributed by atoms with Crippen LogP contribution in [0.4, 0.5) is 25.4 Å². The summed E-state index contributed by atoms with van der Waals surface area (Å²) >= 11 is 0. The van der Waals surface area contributed by atoms with Gasteiger partial charge < -0.3 is 34.5 Å². The molecule has 5 rings (SSSR count). The molecule has 1 fully saturated rings. The van der Waals surface area contributed by atoms with Crippen LogP contribution in [0, 0.1) is 0 Å². The van der Waals surface area contributed by atoms with Gasteiger partial charge in [-0.2, -0.15) is 0 Å². The molecule has 282 valence electrons. The highest BCUT2D eigenvalue weighted by atomic mass is 32.2. The maximum atomic E-state index is 15.5. The summed E-state index contributed by atoms with van der Waals surface area (Å²) < 4.78 is 57.8. The number of hydrogen-bond acceptors (Lipinski definition) is 10. The summed E-state index contributed by atoms with van der Waals surface area (Å²) in [5.41, 5.74) is -0.119. The first kappa shape index (κ1) is 38.6. The van der Waals surface area contributed by atoms with Gasteiger partial charge in [-0.25, -0.2) is 27.2 Å². The van der Waals surface area contributed by atoms with Crippen molar-refractivity contribution < 1.29 is 46.5 Å². The lowest BCUT2D eigenvalue weighted by atomic mass is 10.0. The number of rotatable bonds is 13. The lowest BCUT2D eigenvalue weighted by molar-refractivity contribution is -0.138. The number of sulfone groups is 1. The number of ether oxygens (including phenoxy) is 3. The number of fused-ring (bicyclic) bond motifs is 1. The number of carboxylic acid groups (broad SMARTS) is 1. The van der Waals surface area contributed by atoms with Gasteiger partial charge in [-0.05, 0) is 92.6 Å². The van der Waals surface area contributed by atoms with E-state index >= 15 is 4.39 Å². The van der Waals surface area contributed by atoms with Crippen LogP contribution in [0.3, 0.4) is 0 Å². The molecule has 4 aromatic rings. The number of alkyl halides is 1. The van der Waals surface area contributed by atoms with Gasteiger partial charge in [0.2, 0.25) is 0 Å². The number of aliphatic carboxylic acids is 1. The van der Waals surface area contributed by atoms with E-state index < -0.39 is 57.7 Å². The summed E-state index contributed by atoms with van der Waals surface area (Å²) in [4.78, 5) is 53.7. The number of hydrogen-bond donors (Lipinski definition) is 4. The molecule has 2 atom stereocenters. The molecule has 4 N–H and O–H groups in total. The average molecular weight is 753 g/mol. The monoisotopic (exact) mass is 752 g/mol. The summed E-state index contributed by atoms with van der Waals surface area (Å²) in [6.45, 7) is 4.24. The van der Waals surface area contributed by atoms with E-state index in [1.165, 1.54) is 67.7 Å². The standard InChI is InChI=1S/C37H41FN4O10S/c1-37(2,3)52-36(47)42(4)19-23-16-24(9-13-31(23)53(48,49)26-10-11-26)41-35(46)51-20-29(38)27-12-7-22(17-30(27)50-5)32(34(44)45)40-25-8-6-21-14-15-39-33(43)28(21)18-25/h6-9,12-18,26,29,32,40H,10-11,19-20H2,1-5H3,(H,39,43)(H,41,46)(H,44,45)/t29-,32?/m0/s1. The Morgan fingerprint density at radius 1 is 1.04 bits per heavy atom. The number of pyridine rings is 1. The first-order valence-corrected chi connectivity index (χ1v) is 18.2. The van der Waals surface area contributed by atoms with Crippen molar-refractivity contribution in [3.8, 4) is 5.75 Å². The van der Waals surface area contributed by atoms with Gasteiger partial charge >= 0.3 is 18.2 Å². The Labute approximate surface area is 305 Å². The van der Waals surface area contributed by atoms with Gasteiger partial charge in [-0.15, -0.1) is 0 Å². The Morgan fingerprint density at radius 3 is 2.42 bits per heavy atom. The van der Waals surface area contributed by atoms with Gasteiger partial charge in [0.15, 0.2) is 22.1 Å². The molecule has 1 aromatic heterocycles. The smallest absolute Gasteiger partial charge is 0.411 e. The molecule has 1 heterocycles. The molecule has 2 amide bonds. The normalized spacial score (nSPS) is 14.2. The molecule has 0 bridgehead atoms. The van der Waals surface area contributed by atoms with E-state index in [4.69, 9.17) is 14.2 Å². The Bertz CT molecular complexity index is 2200. The molecule has 0 spiro atoms. The predicted molar refractivity (Wildman–Crippen MR) is 195 cm³/mol. The Hall–Kier alpha value is -5.64. The molecule has 16 heteroatoms. The molecule has 0 aliphatic heterocycles. The van der Waals surface area contributed by atoms with Gasteiger partial charge in [0.05, 0.1) is 23.8 Å². The fraction of sp³-hybridized carbons (Fsp3) is 0.351. The zero-order valence-corrected chi connectivity index (χ0v) is 30.6. The van der Waals surface area contributed by atoms with Gasteiger partial charge in [-0.1, -0.05) is 18.2 Å². The third-order valence-electron chi connectivity index (χ3n) is 8.31. The second-order valence-electron chi connectivity index (χ2n) is 13.6. The Balaban J connectivity index is 1.27. The summed E-state index contributed by atoms with van der Waals surface area (Å²) in [5, 5.41) is 15.9. The maximum Gasteiger partial charge on any atom is 0.411 e. The molecule has 0 radical (unpaired) electrons. The Morgan fingerprint density at radius 2 is 1.75 bits per heavy atom. The van der Waals surface area contributed by atoms with Crippen LogP contribution < -0.4 is 20.9 Å². The highest BCUT2D eigenvalue weighted by molar-refractivity contribution is 7.92. The van der Waals surface area contributed by atoms with Crippen LogP contribution in [0.2, 0.25) is 0 Å². The molecule has 1 aliphatic carbocycles. The number of aromatic nitrogens is 1. The van der Waals surface area contributed by atoms with Crippen molar-refractivity contribution in [3.63, 3.8) is 0 Å². The van der Waals surface area contributed by atoms with Crippen LogP contribution >= 0.6 is 0 Å². The minimum atomic E-state index is -3.68. The van der Waals surface area contributed by atoms with Crippen LogP contribution in [-0.2, 0) is 30.7 Å². The topological polar surface area (TPSA) is 193 Å². The van der Waals surface area contributed by atoms with Gasteiger partial charge in [-0.3, -0.25) is 10.1 Å². The van der Waals surface area contributed by atoms with E-state index in [-0.39, 0.29) is 45.1 Å². The van der Waals surface area contributed by atoms with Crippen molar-refractivity contribution in [1.29, 1.82) is 0 Å². The molecular weight excluding hydrogens is 711 g/mol. The second-order valence-corrected chi connectivity index (χ2v) is 15.8. The third-order valence-corrected chi connectivity index (χ3v) is 10.7. The lowest BCUT2D eigenvalue weighted by Crippen LogP contribution is -2.34. The largest absolute Gasteiger partial charge is 0.496 e. The molecule has 1 saturated carbocycles. The first-order chi connectivity index (χ1) is 25.0. The number of amides is 2. The van der Waals surface area contributed by atoms with E-state index in [0.29, 0.717) is 29.3 Å². The van der Waals surface area contributed by atoms with Crippen molar-refractivity contribution in [3.05, 3.63) is 93.9 Å². The van der Waals surface area contributed by atoms with E-state index in [2.05, 4.69) is 15.6 Å². The number of nitrogens with zero attached hydrogens (tertiary/aromatic N) is 1. The van der Waals surface area contributed by atoms with Gasteiger partial charge in [0.25, 0.3) is 5.56 Å². The molecule has 1 unspecified atom stereocenters. The quantitative estimate of drug-likeness (QED) is 0.119. The number of carbonyl (C=O) groups excluding carboxylic acids is 2. The Kier molecular flexibility index (Phi) is 11.3. The van der Waals surface area contributed by atoms with Crippen LogP contribution in [0.25, 0.3) is 10.8 Å². The minimum Gasteiger partial charge on any atom is -0.496 e. The van der Waals surface area contributed by atoms with Crippen LogP contribution in [-0.4, -0.2) is 73.2 Å². The highest BCUT2D eigenvalue weighted by Gasteiger charge is 2.38. The number of aromatic amines is 1. The first-order valence-electron chi connectivity index (χ1n) is 16.6. The third kappa shape index (κ3) is 9.43. The summed E-state index contributed by atoms with van der Waals surface area (Å²) in [6.07, 6.45) is -1.01. The number of H-pyrrole nitrogens is 1. The van der Waals surface area contributed by atoms with E-state index in [1.807, 2.05) is 0 Å². The fourth-order valence-corrected chi connectivity index (χ4v) is 7.42. The maximum absolute atomic E-state index is 15.5. The van der Waals surface area contributed by atoms with Crippen LogP contribution in [0.15, 0.2) is 76.6 Å². The molecule has 0 saturated heterocycles. The SMILES string of the molecule is COc1cc(C(Nc2ccc3cc[nH]c(=O)c3c2)C(=O)O)ccc1[C@@H](F)COC(=O)Nc1ccc(S(=O)(=O)C2CC2)c(CN(C)C(=O)OC(C)(C)C)c1. The second kappa shape index (κ2) is 15.5. The number of methoxy groups -OCH3 is 1. The fourth-order valence-electron chi connectivity index (χ4n) is 5.56. The van der Waals surface area contributed by atoms with E-state index in [0.717, 1.165) is 0 Å². The number of nitrogens with one attached hydrogen (secondary N) is 3. The number of benzene rings is 3. The summed E-state index contributed by atoms with van der Waals surface area (Å²) in [7, 11) is -0.932. The molecule has 53 heavy (non-hydrogen) atoms. The zero-order chi connectivity index (χ0) is 38.7. The number of carboxylic acids is 1. The average Bonchev–Trinajstić information content (AvgIpc) is 3.96. The zero-order valence-electron chi connectivity index (χ0n) is 29.8. The highest BCUT2D eigenvalue weighted by Crippen LogP contribution is 2.36. The molecular formula is C37H41FN4O10S. The number of carbonyl (C=O) groups is 3. The van der Waals surface area contributed by atoms with E-state index in [1.54, 1.807) is 39.0 Å². The van der Waals surface area contributed by atoms with Crippen molar-refractivity contribution in [2.24, 2.45) is 0 Å². The molecule has 1 aliphatic rings. The van der Waals surface area contributed by atoms with Crippen molar-refractivity contribution in [2.45, 2.75) is 68.1 Å². The van der Waals surface area contributed by atoms with Crippen LogP contribution in [0.5, 0.6) is 5.75 Å². The minimum absolute atomic E-state index is 0.00692. The van der Waals surface area contributed by atoms with Gasteiger partial charge in [0.1, 0.15) is 18.0 Å². The lowest BCUT2D eigenvalue weighted by Gasteiger charge is -2.25. The van der Waals surface area contributed by atoms with Crippen molar-refractivity contribution in [1.82, 2.24) is 9.88 Å². The number of anilines is 2. The van der Waals surface area contributed by atoms with Crippen molar-refractivity contribution >= 4 is 50.1 Å².